The Labute approximate surface area is 109 Å². The third-order valence-electron chi connectivity index (χ3n) is 2.87. The third-order valence-corrected chi connectivity index (χ3v) is 3.19. The number of Topliss-reactive ketones (excluding diaryl/α,β-unsaturated/α-hetero) is 1. The van der Waals surface area contributed by atoms with Gasteiger partial charge in [-0.3, -0.25) is 14.5 Å². The molecule has 1 amide bonds. The summed E-state index contributed by atoms with van der Waals surface area (Å²) in [5, 5.41) is 0.310. The fourth-order valence-electron chi connectivity index (χ4n) is 2.08. The van der Waals surface area contributed by atoms with Gasteiger partial charge in [0.15, 0.2) is 0 Å². The molecule has 0 radical (unpaired) electrons. The second-order valence-electron chi connectivity index (χ2n) is 3.94. The fourth-order valence-corrected chi connectivity index (χ4v) is 2.33. The van der Waals surface area contributed by atoms with Crippen LogP contribution in [0.2, 0.25) is 5.02 Å². The lowest BCUT2D eigenvalue weighted by Crippen LogP contribution is -2.24. The van der Waals surface area contributed by atoms with Crippen molar-refractivity contribution in [1.29, 1.82) is 0 Å². The summed E-state index contributed by atoms with van der Waals surface area (Å²) in [7, 11) is 0. The molecule has 88 valence electrons. The van der Waals surface area contributed by atoms with Gasteiger partial charge in [0.1, 0.15) is 0 Å². The molecule has 0 bridgehead atoms. The number of ketones is 1. The Kier molecular flexibility index (Phi) is 2.42. The first-order chi connectivity index (χ1) is 8.70. The summed E-state index contributed by atoms with van der Waals surface area (Å²) < 4.78 is 0. The van der Waals surface area contributed by atoms with Crippen molar-refractivity contribution < 1.29 is 9.59 Å². The van der Waals surface area contributed by atoms with Crippen molar-refractivity contribution in [1.82, 2.24) is 0 Å². The largest absolute Gasteiger partial charge is 0.304 e. The summed E-state index contributed by atoms with van der Waals surface area (Å²) in [5.74, 6) is -1.12. The molecule has 1 aliphatic rings. The summed E-state index contributed by atoms with van der Waals surface area (Å²) in [5.41, 5.74) is 1.49. The maximum Gasteiger partial charge on any atom is 0.304 e. The number of carbonyl (C=O) groups excluding carboxylic acids is 2. The Morgan fingerprint density at radius 1 is 0.889 bits per heavy atom. The minimum Gasteiger partial charge on any atom is -0.283 e. The van der Waals surface area contributed by atoms with Crippen molar-refractivity contribution in [3.05, 3.63) is 59.1 Å². The molecule has 0 saturated carbocycles. The Bertz CT molecular complexity index is 652. The van der Waals surface area contributed by atoms with Gasteiger partial charge < -0.3 is 0 Å². The molecule has 2 aromatic carbocycles. The molecule has 0 aromatic heterocycles. The maximum atomic E-state index is 12.0. The van der Waals surface area contributed by atoms with Gasteiger partial charge in [-0.15, -0.1) is 0 Å². The lowest BCUT2D eigenvalue weighted by Gasteiger charge is -2.16. The average molecular weight is 258 g/mol. The SMILES string of the molecule is O=C1C(=O)N(c2ccccc2)c2cccc(Cl)c21. The topological polar surface area (TPSA) is 37.4 Å². The first-order valence-electron chi connectivity index (χ1n) is 5.42. The third kappa shape index (κ3) is 1.45. The number of benzene rings is 2. The number of fused-ring (bicyclic) bond motifs is 1. The van der Waals surface area contributed by atoms with Gasteiger partial charge in [0, 0.05) is 5.69 Å². The highest BCUT2D eigenvalue weighted by Crippen LogP contribution is 2.38. The van der Waals surface area contributed by atoms with E-state index in [1.54, 1.807) is 30.3 Å². The zero-order chi connectivity index (χ0) is 12.7. The summed E-state index contributed by atoms with van der Waals surface area (Å²) in [6, 6.07) is 14.1. The molecular formula is C14H8ClNO2. The number of halogens is 1. The maximum absolute atomic E-state index is 12.0. The molecule has 3 rings (SSSR count). The zero-order valence-electron chi connectivity index (χ0n) is 9.26. The quantitative estimate of drug-likeness (QED) is 0.736. The Morgan fingerprint density at radius 3 is 2.33 bits per heavy atom. The van der Waals surface area contributed by atoms with Crippen LogP contribution in [0.3, 0.4) is 0 Å². The molecule has 0 saturated heterocycles. The predicted molar refractivity (Wildman–Crippen MR) is 69.4 cm³/mol. The van der Waals surface area contributed by atoms with E-state index >= 15 is 0 Å². The molecule has 0 atom stereocenters. The zero-order valence-corrected chi connectivity index (χ0v) is 10.0. The highest BCUT2D eigenvalue weighted by molar-refractivity contribution is 6.56. The highest BCUT2D eigenvalue weighted by atomic mass is 35.5. The van der Waals surface area contributed by atoms with Crippen molar-refractivity contribution in [2.45, 2.75) is 0 Å². The van der Waals surface area contributed by atoms with E-state index in [9.17, 15) is 9.59 Å². The summed E-state index contributed by atoms with van der Waals surface area (Å²) >= 11 is 5.98. The van der Waals surface area contributed by atoms with E-state index < -0.39 is 11.7 Å². The molecule has 18 heavy (non-hydrogen) atoms. The molecule has 4 heteroatoms. The number of para-hydroxylation sites is 1. The molecular weight excluding hydrogens is 250 g/mol. The van der Waals surface area contributed by atoms with Crippen LogP contribution in [0, 0.1) is 0 Å². The number of nitrogens with zero attached hydrogens (tertiary/aromatic N) is 1. The second kappa shape index (κ2) is 3.96. The molecule has 0 spiro atoms. The van der Waals surface area contributed by atoms with Gasteiger partial charge in [0.2, 0.25) is 0 Å². The van der Waals surface area contributed by atoms with Crippen molar-refractivity contribution in [2.24, 2.45) is 0 Å². The molecule has 3 nitrogen and oxygen atoms in total. The van der Waals surface area contributed by atoms with E-state index in [4.69, 9.17) is 11.6 Å². The minimum absolute atomic E-state index is 0.285. The van der Waals surface area contributed by atoms with E-state index in [-0.39, 0.29) is 5.56 Å². The Hall–Kier alpha value is -2.13. The molecule has 0 fully saturated rings. The molecule has 1 aliphatic heterocycles. The van der Waals surface area contributed by atoms with Crippen LogP contribution in [0.15, 0.2) is 48.5 Å². The number of rotatable bonds is 1. The van der Waals surface area contributed by atoms with Crippen LogP contribution in [0.1, 0.15) is 10.4 Å². The molecule has 2 aromatic rings. The number of hydrogen-bond donors (Lipinski definition) is 0. The van der Waals surface area contributed by atoms with E-state index in [0.29, 0.717) is 16.4 Å². The predicted octanol–water partition coefficient (Wildman–Crippen LogP) is 3.20. The molecule has 0 aliphatic carbocycles. The van der Waals surface area contributed by atoms with Gasteiger partial charge in [-0.25, -0.2) is 0 Å². The normalized spacial score (nSPS) is 13.9. The first kappa shape index (κ1) is 11.0. The van der Waals surface area contributed by atoms with Crippen LogP contribution < -0.4 is 4.90 Å². The van der Waals surface area contributed by atoms with Crippen LogP contribution in [-0.2, 0) is 4.79 Å². The molecule has 0 unspecified atom stereocenters. The van der Waals surface area contributed by atoms with Gasteiger partial charge in [0.25, 0.3) is 5.78 Å². The fraction of sp³-hybridized carbons (Fsp3) is 0. The van der Waals surface area contributed by atoms with E-state index in [1.807, 2.05) is 18.2 Å². The second-order valence-corrected chi connectivity index (χ2v) is 4.35. The molecule has 1 heterocycles. The standard InChI is InChI=1S/C14H8ClNO2/c15-10-7-4-8-11-12(10)13(17)14(18)16(11)9-5-2-1-3-6-9/h1-8H. The van der Waals surface area contributed by atoms with Gasteiger partial charge in [-0.05, 0) is 24.3 Å². The van der Waals surface area contributed by atoms with Crippen molar-refractivity contribution in [3.63, 3.8) is 0 Å². The van der Waals surface area contributed by atoms with Crippen LogP contribution >= 0.6 is 11.6 Å². The first-order valence-corrected chi connectivity index (χ1v) is 5.80. The van der Waals surface area contributed by atoms with Gasteiger partial charge >= 0.3 is 5.91 Å². The van der Waals surface area contributed by atoms with Crippen LogP contribution in [0.5, 0.6) is 0 Å². The van der Waals surface area contributed by atoms with Crippen LogP contribution in [-0.4, -0.2) is 11.7 Å². The van der Waals surface area contributed by atoms with E-state index in [2.05, 4.69) is 0 Å². The van der Waals surface area contributed by atoms with Crippen LogP contribution in [0.4, 0.5) is 11.4 Å². The van der Waals surface area contributed by atoms with E-state index in [1.165, 1.54) is 4.90 Å². The monoisotopic (exact) mass is 257 g/mol. The van der Waals surface area contributed by atoms with E-state index in [0.717, 1.165) is 0 Å². The Morgan fingerprint density at radius 2 is 1.61 bits per heavy atom. The van der Waals surface area contributed by atoms with Crippen molar-refractivity contribution in [3.8, 4) is 0 Å². The van der Waals surface area contributed by atoms with Gasteiger partial charge in [-0.2, -0.15) is 0 Å². The Balaban J connectivity index is 2.23. The van der Waals surface area contributed by atoms with Crippen molar-refractivity contribution in [2.75, 3.05) is 4.90 Å². The highest BCUT2D eigenvalue weighted by Gasteiger charge is 2.38. The lowest BCUT2D eigenvalue weighted by atomic mass is 10.1. The summed E-state index contributed by atoms with van der Waals surface area (Å²) in [4.78, 5) is 25.4. The lowest BCUT2D eigenvalue weighted by molar-refractivity contribution is -0.113. The smallest absolute Gasteiger partial charge is 0.283 e. The average Bonchev–Trinajstić information content (AvgIpc) is 2.64. The number of carbonyl (C=O) groups is 2. The van der Waals surface area contributed by atoms with Crippen molar-refractivity contribution >= 4 is 34.7 Å². The minimum atomic E-state index is -0.565. The summed E-state index contributed by atoms with van der Waals surface area (Å²) in [6.45, 7) is 0. The number of hydrogen-bond acceptors (Lipinski definition) is 2. The van der Waals surface area contributed by atoms with Gasteiger partial charge in [-0.1, -0.05) is 35.9 Å². The van der Waals surface area contributed by atoms with Gasteiger partial charge in [0.05, 0.1) is 16.3 Å². The molecule has 0 N–H and O–H groups in total. The number of amides is 1. The number of anilines is 2. The van der Waals surface area contributed by atoms with Crippen LogP contribution in [0.25, 0.3) is 0 Å². The summed E-state index contributed by atoms with van der Waals surface area (Å²) in [6.07, 6.45) is 0.